The Bertz CT molecular complexity index is 307. The Balaban J connectivity index is 1.68. The molecule has 0 bridgehead atoms. The van der Waals surface area contributed by atoms with E-state index in [9.17, 15) is 4.79 Å². The fourth-order valence-corrected chi connectivity index (χ4v) is 3.55. The Morgan fingerprint density at radius 3 is 2.57 bits per heavy atom. The Morgan fingerprint density at radius 1 is 1.19 bits per heavy atom. The van der Waals surface area contributed by atoms with Gasteiger partial charge in [-0.05, 0) is 46.1 Å². The van der Waals surface area contributed by atoms with Gasteiger partial charge in [0.15, 0.2) is 0 Å². The quantitative estimate of drug-likeness (QED) is 0.757. The first-order valence-electron chi connectivity index (χ1n) is 8.92. The van der Waals surface area contributed by atoms with Crippen LogP contribution >= 0.6 is 0 Å². The average Bonchev–Trinajstić information content (AvgIpc) is 2.97. The molecule has 1 atom stereocenters. The van der Waals surface area contributed by atoms with Crippen LogP contribution < -0.4 is 10.6 Å². The SMILES string of the molecule is CC(C)N(CCC(=O)NC1CCCCC1)CC1CCCN1. The van der Waals surface area contributed by atoms with Gasteiger partial charge in [0.1, 0.15) is 0 Å². The normalized spacial score (nSPS) is 23.9. The van der Waals surface area contributed by atoms with E-state index in [-0.39, 0.29) is 5.91 Å². The molecule has 2 rings (SSSR count). The molecular formula is C17H33N3O. The zero-order chi connectivity index (χ0) is 15.1. The van der Waals surface area contributed by atoms with E-state index < -0.39 is 0 Å². The highest BCUT2D eigenvalue weighted by Gasteiger charge is 2.21. The molecule has 2 fully saturated rings. The predicted molar refractivity (Wildman–Crippen MR) is 87.4 cm³/mol. The third kappa shape index (κ3) is 5.95. The summed E-state index contributed by atoms with van der Waals surface area (Å²) in [6, 6.07) is 1.57. The lowest BCUT2D eigenvalue weighted by Gasteiger charge is -2.29. The molecule has 2 N–H and O–H groups in total. The molecule has 0 spiro atoms. The van der Waals surface area contributed by atoms with Crippen LogP contribution in [0.25, 0.3) is 0 Å². The van der Waals surface area contributed by atoms with E-state index in [2.05, 4.69) is 29.4 Å². The molecule has 1 saturated heterocycles. The third-order valence-corrected chi connectivity index (χ3v) is 4.94. The second-order valence-corrected chi connectivity index (χ2v) is 7.03. The van der Waals surface area contributed by atoms with Gasteiger partial charge < -0.3 is 10.6 Å². The van der Waals surface area contributed by atoms with Crippen molar-refractivity contribution in [1.29, 1.82) is 0 Å². The summed E-state index contributed by atoms with van der Waals surface area (Å²) in [6.45, 7) is 7.57. The molecule has 0 aromatic rings. The summed E-state index contributed by atoms with van der Waals surface area (Å²) in [5.41, 5.74) is 0. The highest BCUT2D eigenvalue weighted by Crippen LogP contribution is 2.17. The maximum atomic E-state index is 12.1. The number of amides is 1. The van der Waals surface area contributed by atoms with Gasteiger partial charge in [-0.1, -0.05) is 19.3 Å². The highest BCUT2D eigenvalue weighted by molar-refractivity contribution is 5.76. The van der Waals surface area contributed by atoms with Gasteiger partial charge in [-0.15, -0.1) is 0 Å². The lowest BCUT2D eigenvalue weighted by Crippen LogP contribution is -2.44. The Morgan fingerprint density at radius 2 is 1.95 bits per heavy atom. The van der Waals surface area contributed by atoms with Gasteiger partial charge >= 0.3 is 0 Å². The first-order chi connectivity index (χ1) is 10.1. The predicted octanol–water partition coefficient (Wildman–Crippen LogP) is 2.29. The van der Waals surface area contributed by atoms with Crippen LogP contribution in [0.3, 0.4) is 0 Å². The van der Waals surface area contributed by atoms with E-state index in [1.54, 1.807) is 0 Å². The van der Waals surface area contributed by atoms with Crippen LogP contribution in [0.15, 0.2) is 0 Å². The maximum Gasteiger partial charge on any atom is 0.221 e. The molecule has 1 aliphatic heterocycles. The van der Waals surface area contributed by atoms with Crippen LogP contribution in [0, 0.1) is 0 Å². The molecule has 4 heteroatoms. The first kappa shape index (κ1) is 16.8. The zero-order valence-electron chi connectivity index (χ0n) is 13.9. The number of carbonyl (C=O) groups excluding carboxylic acids is 1. The van der Waals surface area contributed by atoms with E-state index >= 15 is 0 Å². The van der Waals surface area contributed by atoms with E-state index in [1.165, 1.54) is 44.9 Å². The Kier molecular flexibility index (Phi) is 6.97. The first-order valence-corrected chi connectivity index (χ1v) is 8.92. The standard InChI is InChI=1S/C17H33N3O/c1-14(2)20(13-16-9-6-11-18-16)12-10-17(21)19-15-7-4-3-5-8-15/h14-16,18H,3-13H2,1-2H3,(H,19,21). The van der Waals surface area contributed by atoms with Gasteiger partial charge in [-0.2, -0.15) is 0 Å². The molecule has 1 heterocycles. The summed E-state index contributed by atoms with van der Waals surface area (Å²) in [7, 11) is 0. The van der Waals surface area contributed by atoms with Gasteiger partial charge in [0.25, 0.3) is 0 Å². The Labute approximate surface area is 130 Å². The molecule has 21 heavy (non-hydrogen) atoms. The summed E-state index contributed by atoms with van der Waals surface area (Å²) in [4.78, 5) is 14.6. The monoisotopic (exact) mass is 295 g/mol. The van der Waals surface area contributed by atoms with Gasteiger partial charge in [-0.25, -0.2) is 0 Å². The molecule has 1 saturated carbocycles. The average molecular weight is 295 g/mol. The van der Waals surface area contributed by atoms with Crippen LogP contribution in [-0.4, -0.2) is 48.6 Å². The van der Waals surface area contributed by atoms with Gasteiger partial charge in [0.2, 0.25) is 5.91 Å². The lowest BCUT2D eigenvalue weighted by molar-refractivity contribution is -0.122. The van der Waals surface area contributed by atoms with Crippen molar-refractivity contribution < 1.29 is 4.79 Å². The summed E-state index contributed by atoms with van der Waals surface area (Å²) in [5, 5.41) is 6.78. The van der Waals surface area contributed by atoms with Crippen LogP contribution in [0.4, 0.5) is 0 Å². The van der Waals surface area contributed by atoms with Crippen LogP contribution in [0.2, 0.25) is 0 Å². The molecule has 4 nitrogen and oxygen atoms in total. The topological polar surface area (TPSA) is 44.4 Å². The van der Waals surface area contributed by atoms with Gasteiger partial charge in [0, 0.05) is 37.6 Å². The minimum Gasteiger partial charge on any atom is -0.353 e. The molecule has 122 valence electrons. The number of hydrogen-bond donors (Lipinski definition) is 2. The smallest absolute Gasteiger partial charge is 0.221 e. The van der Waals surface area contributed by atoms with Crippen molar-refractivity contribution in [1.82, 2.24) is 15.5 Å². The van der Waals surface area contributed by atoms with Crippen molar-refractivity contribution in [3.05, 3.63) is 0 Å². The number of nitrogens with zero attached hydrogens (tertiary/aromatic N) is 1. The van der Waals surface area contributed by atoms with Crippen LogP contribution in [0.1, 0.15) is 65.2 Å². The molecule has 2 aliphatic rings. The van der Waals surface area contributed by atoms with Crippen molar-refractivity contribution in [2.75, 3.05) is 19.6 Å². The molecule has 0 radical (unpaired) electrons. The largest absolute Gasteiger partial charge is 0.353 e. The minimum absolute atomic E-state index is 0.243. The van der Waals surface area contributed by atoms with Crippen molar-refractivity contribution in [3.8, 4) is 0 Å². The summed E-state index contributed by atoms with van der Waals surface area (Å²) in [6.07, 6.45) is 9.43. The molecule has 1 aliphatic carbocycles. The number of nitrogens with one attached hydrogen (secondary N) is 2. The number of rotatable bonds is 7. The van der Waals surface area contributed by atoms with E-state index in [0.29, 0.717) is 24.5 Å². The van der Waals surface area contributed by atoms with Crippen molar-refractivity contribution in [2.24, 2.45) is 0 Å². The molecular weight excluding hydrogens is 262 g/mol. The fraction of sp³-hybridized carbons (Fsp3) is 0.941. The lowest BCUT2D eigenvalue weighted by atomic mass is 9.95. The van der Waals surface area contributed by atoms with E-state index in [4.69, 9.17) is 0 Å². The van der Waals surface area contributed by atoms with Crippen LogP contribution in [-0.2, 0) is 4.79 Å². The van der Waals surface area contributed by atoms with Crippen molar-refractivity contribution in [3.63, 3.8) is 0 Å². The Hall–Kier alpha value is -0.610. The zero-order valence-corrected chi connectivity index (χ0v) is 13.9. The van der Waals surface area contributed by atoms with Crippen molar-refractivity contribution >= 4 is 5.91 Å². The van der Waals surface area contributed by atoms with Crippen LogP contribution in [0.5, 0.6) is 0 Å². The second-order valence-electron chi connectivity index (χ2n) is 7.03. The fourth-order valence-electron chi connectivity index (χ4n) is 3.55. The molecule has 1 unspecified atom stereocenters. The summed E-state index contributed by atoms with van der Waals surface area (Å²) in [5.74, 6) is 0.243. The number of carbonyl (C=O) groups is 1. The third-order valence-electron chi connectivity index (χ3n) is 4.94. The van der Waals surface area contributed by atoms with E-state index in [1.807, 2.05) is 0 Å². The maximum absolute atomic E-state index is 12.1. The molecule has 0 aromatic carbocycles. The molecule has 0 aromatic heterocycles. The molecule has 1 amide bonds. The number of hydrogen-bond acceptors (Lipinski definition) is 3. The van der Waals surface area contributed by atoms with E-state index in [0.717, 1.165) is 19.6 Å². The van der Waals surface area contributed by atoms with Gasteiger partial charge in [0.05, 0.1) is 0 Å². The second kappa shape index (κ2) is 8.74. The summed E-state index contributed by atoms with van der Waals surface area (Å²) < 4.78 is 0. The highest BCUT2D eigenvalue weighted by atomic mass is 16.1. The summed E-state index contributed by atoms with van der Waals surface area (Å²) >= 11 is 0. The minimum atomic E-state index is 0.243. The van der Waals surface area contributed by atoms with Gasteiger partial charge in [-0.3, -0.25) is 9.69 Å². The van der Waals surface area contributed by atoms with Crippen molar-refractivity contribution in [2.45, 2.75) is 83.3 Å².